The van der Waals surface area contributed by atoms with Crippen LogP contribution in [0.2, 0.25) is 0 Å². The van der Waals surface area contributed by atoms with Gasteiger partial charge in [0.15, 0.2) is 0 Å². The summed E-state index contributed by atoms with van der Waals surface area (Å²) in [7, 11) is 0. The maximum atomic E-state index is 10.7. The number of pyridine rings is 1. The van der Waals surface area contributed by atoms with Crippen molar-refractivity contribution in [2.75, 3.05) is 17.2 Å². The number of hydrogen-bond donors (Lipinski definition) is 4. The van der Waals surface area contributed by atoms with Gasteiger partial charge in [-0.15, -0.1) is 11.3 Å². The van der Waals surface area contributed by atoms with Crippen LogP contribution in [0.15, 0.2) is 36.5 Å². The molecule has 9 heteroatoms. The first kappa shape index (κ1) is 24.5. The van der Waals surface area contributed by atoms with Gasteiger partial charge < -0.3 is 20.8 Å². The third-order valence-corrected chi connectivity index (χ3v) is 7.93. The van der Waals surface area contributed by atoms with Gasteiger partial charge in [-0.2, -0.15) is 4.98 Å². The first-order chi connectivity index (χ1) is 17.3. The van der Waals surface area contributed by atoms with Gasteiger partial charge in [0.25, 0.3) is 0 Å². The SMILES string of the molecule is Cc1cccc([C@@H](C)Nc2nc(C)c(-c3nc4c(C)nccc4s3)c(N[C@@H]3C[C@H](CO)C[C@H]3O)n2)c1. The summed E-state index contributed by atoms with van der Waals surface area (Å²) in [6.07, 6.45) is 2.47. The van der Waals surface area contributed by atoms with Crippen molar-refractivity contribution in [1.29, 1.82) is 0 Å². The molecule has 4 N–H and O–H groups in total. The second-order valence-electron chi connectivity index (χ2n) is 9.74. The van der Waals surface area contributed by atoms with Crippen LogP contribution in [0.1, 0.15) is 48.3 Å². The molecule has 1 fully saturated rings. The van der Waals surface area contributed by atoms with Crippen molar-refractivity contribution < 1.29 is 10.2 Å². The largest absolute Gasteiger partial charge is 0.396 e. The fourth-order valence-corrected chi connectivity index (χ4v) is 6.01. The molecular weight excluding hydrogens is 472 g/mol. The highest BCUT2D eigenvalue weighted by atomic mass is 32.1. The molecule has 1 aromatic carbocycles. The Bertz CT molecular complexity index is 1390. The van der Waals surface area contributed by atoms with E-state index in [2.05, 4.69) is 47.7 Å². The van der Waals surface area contributed by atoms with E-state index in [0.717, 1.165) is 37.7 Å². The van der Waals surface area contributed by atoms with E-state index in [1.54, 1.807) is 17.5 Å². The van der Waals surface area contributed by atoms with E-state index in [4.69, 9.17) is 15.0 Å². The van der Waals surface area contributed by atoms with Gasteiger partial charge in [0.05, 0.1) is 39.8 Å². The standard InChI is InChI=1S/C27H32N6O2S/c1-14-6-5-7-19(10-14)15(2)29-27-30-16(3)23(26-32-24-17(4)28-9-8-22(24)36-26)25(33-27)31-20-11-18(13-34)12-21(20)35/h5-10,15,18,20-21,34-35H,11-13H2,1-4H3,(H2,29,30,31,33)/t15-,18+,20-,21-/m1/s1. The smallest absolute Gasteiger partial charge is 0.225 e. The average Bonchev–Trinajstić information content (AvgIpc) is 3.43. The Morgan fingerprint density at radius 2 is 1.92 bits per heavy atom. The van der Waals surface area contributed by atoms with Crippen molar-refractivity contribution in [3.8, 4) is 10.6 Å². The fourth-order valence-electron chi connectivity index (χ4n) is 4.90. The number of benzene rings is 1. The number of anilines is 2. The van der Waals surface area contributed by atoms with Crippen molar-refractivity contribution in [3.05, 3.63) is 59.0 Å². The van der Waals surface area contributed by atoms with Gasteiger partial charge in [0.2, 0.25) is 5.95 Å². The van der Waals surface area contributed by atoms with E-state index in [-0.39, 0.29) is 24.6 Å². The molecular formula is C27H32N6O2S. The van der Waals surface area contributed by atoms with Crippen LogP contribution in [0.5, 0.6) is 0 Å². The van der Waals surface area contributed by atoms with Gasteiger partial charge >= 0.3 is 0 Å². The maximum absolute atomic E-state index is 10.7. The lowest BCUT2D eigenvalue weighted by atomic mass is 10.1. The Morgan fingerprint density at radius 3 is 2.64 bits per heavy atom. The third-order valence-electron chi connectivity index (χ3n) is 6.89. The van der Waals surface area contributed by atoms with Crippen LogP contribution < -0.4 is 10.6 Å². The number of rotatable bonds is 7. The molecule has 4 aromatic rings. The molecule has 0 unspecified atom stereocenters. The number of aryl methyl sites for hydroxylation is 3. The molecule has 0 spiro atoms. The zero-order chi connectivity index (χ0) is 25.4. The van der Waals surface area contributed by atoms with E-state index in [1.165, 1.54) is 5.56 Å². The molecule has 0 saturated heterocycles. The summed E-state index contributed by atoms with van der Waals surface area (Å²) in [5, 5.41) is 28.0. The van der Waals surface area contributed by atoms with E-state index >= 15 is 0 Å². The normalized spacial score (nSPS) is 20.6. The number of nitrogens with one attached hydrogen (secondary N) is 2. The average molecular weight is 505 g/mol. The summed E-state index contributed by atoms with van der Waals surface area (Å²) in [6.45, 7) is 8.15. The topological polar surface area (TPSA) is 116 Å². The minimum Gasteiger partial charge on any atom is -0.396 e. The number of fused-ring (bicyclic) bond motifs is 1. The van der Waals surface area contributed by atoms with Crippen LogP contribution in [0.25, 0.3) is 20.8 Å². The summed E-state index contributed by atoms with van der Waals surface area (Å²) >= 11 is 1.58. The van der Waals surface area contributed by atoms with Crippen molar-refractivity contribution >= 4 is 33.3 Å². The molecule has 5 rings (SSSR count). The minimum atomic E-state index is -0.560. The minimum absolute atomic E-state index is 0.00927. The predicted molar refractivity (Wildman–Crippen MR) is 144 cm³/mol. The molecule has 3 heterocycles. The molecule has 188 valence electrons. The van der Waals surface area contributed by atoms with Crippen LogP contribution >= 0.6 is 11.3 Å². The molecule has 8 nitrogen and oxygen atoms in total. The second-order valence-corrected chi connectivity index (χ2v) is 10.8. The first-order valence-corrected chi connectivity index (χ1v) is 13.1. The lowest BCUT2D eigenvalue weighted by Crippen LogP contribution is -2.29. The van der Waals surface area contributed by atoms with Gasteiger partial charge in [-0.3, -0.25) is 4.98 Å². The summed E-state index contributed by atoms with van der Waals surface area (Å²) in [5.41, 5.74) is 5.72. The van der Waals surface area contributed by atoms with Gasteiger partial charge in [0, 0.05) is 12.8 Å². The molecule has 1 saturated carbocycles. The molecule has 1 aliphatic carbocycles. The first-order valence-electron chi connectivity index (χ1n) is 12.3. The molecule has 36 heavy (non-hydrogen) atoms. The number of aliphatic hydroxyl groups is 2. The summed E-state index contributed by atoms with van der Waals surface area (Å²) in [4.78, 5) is 19.0. The van der Waals surface area contributed by atoms with Crippen LogP contribution in [0, 0.1) is 26.7 Å². The number of nitrogens with zero attached hydrogens (tertiary/aromatic N) is 4. The van der Waals surface area contributed by atoms with Crippen LogP contribution in [-0.2, 0) is 0 Å². The van der Waals surface area contributed by atoms with E-state index < -0.39 is 6.10 Å². The lowest BCUT2D eigenvalue weighted by Gasteiger charge is -2.22. The molecule has 0 amide bonds. The Balaban J connectivity index is 1.54. The van der Waals surface area contributed by atoms with Gasteiger partial charge in [-0.1, -0.05) is 29.8 Å². The number of thiazole rings is 1. The Kier molecular flexibility index (Phi) is 6.87. The zero-order valence-corrected chi connectivity index (χ0v) is 21.8. The van der Waals surface area contributed by atoms with E-state index in [9.17, 15) is 10.2 Å². The Morgan fingerprint density at radius 1 is 1.08 bits per heavy atom. The lowest BCUT2D eigenvalue weighted by molar-refractivity contribution is 0.157. The van der Waals surface area contributed by atoms with Gasteiger partial charge in [-0.25, -0.2) is 9.97 Å². The number of hydrogen-bond acceptors (Lipinski definition) is 9. The van der Waals surface area contributed by atoms with Crippen molar-refractivity contribution in [2.24, 2.45) is 5.92 Å². The highest BCUT2D eigenvalue weighted by Gasteiger charge is 2.34. The summed E-state index contributed by atoms with van der Waals surface area (Å²) in [5.74, 6) is 1.21. The van der Waals surface area contributed by atoms with Crippen molar-refractivity contribution in [2.45, 2.75) is 58.7 Å². The number of aliphatic hydroxyl groups excluding tert-OH is 2. The van der Waals surface area contributed by atoms with Gasteiger partial charge in [0.1, 0.15) is 16.3 Å². The predicted octanol–water partition coefficient (Wildman–Crippen LogP) is 4.79. The van der Waals surface area contributed by atoms with Crippen LogP contribution in [0.3, 0.4) is 0 Å². The number of aromatic nitrogens is 4. The summed E-state index contributed by atoms with van der Waals surface area (Å²) in [6, 6.07) is 10.1. The van der Waals surface area contributed by atoms with Crippen molar-refractivity contribution in [1.82, 2.24) is 19.9 Å². The Hall–Kier alpha value is -3.14. The molecule has 0 radical (unpaired) electrons. The second kappa shape index (κ2) is 10.1. The third kappa shape index (κ3) is 4.91. The molecule has 4 atom stereocenters. The van der Waals surface area contributed by atoms with Crippen LogP contribution in [0.4, 0.5) is 11.8 Å². The summed E-state index contributed by atoms with van der Waals surface area (Å²) < 4.78 is 1.05. The highest BCUT2D eigenvalue weighted by Crippen LogP contribution is 2.38. The van der Waals surface area contributed by atoms with E-state index in [0.29, 0.717) is 24.6 Å². The monoisotopic (exact) mass is 504 g/mol. The maximum Gasteiger partial charge on any atom is 0.225 e. The zero-order valence-electron chi connectivity index (χ0n) is 21.0. The fraction of sp³-hybridized carbons (Fsp3) is 0.407. The molecule has 3 aromatic heterocycles. The van der Waals surface area contributed by atoms with Gasteiger partial charge in [-0.05, 0) is 58.1 Å². The molecule has 1 aliphatic rings. The molecule has 0 aliphatic heterocycles. The van der Waals surface area contributed by atoms with E-state index in [1.807, 2.05) is 26.0 Å². The Labute approximate surface area is 214 Å². The highest BCUT2D eigenvalue weighted by molar-refractivity contribution is 7.21. The van der Waals surface area contributed by atoms with Crippen molar-refractivity contribution in [3.63, 3.8) is 0 Å². The quantitative estimate of drug-likeness (QED) is 0.284. The van der Waals surface area contributed by atoms with Crippen LogP contribution in [-0.4, -0.2) is 48.9 Å². The molecule has 0 bridgehead atoms.